The van der Waals surface area contributed by atoms with Crippen LogP contribution in [0.5, 0.6) is 0 Å². The molecule has 100 valence electrons. The number of hydrogen-bond acceptors (Lipinski definition) is 1. The summed E-state index contributed by atoms with van der Waals surface area (Å²) in [5.41, 5.74) is 0.469. The molecule has 2 aliphatic carbocycles. The van der Waals surface area contributed by atoms with Gasteiger partial charge < -0.3 is 4.74 Å². The highest BCUT2D eigenvalue weighted by Crippen LogP contribution is 2.48. The molecule has 2 fully saturated rings. The molecule has 0 heterocycles. The fourth-order valence-corrected chi connectivity index (χ4v) is 3.89. The van der Waals surface area contributed by atoms with Gasteiger partial charge in [0.2, 0.25) is 0 Å². The van der Waals surface area contributed by atoms with Crippen molar-refractivity contribution < 1.29 is 4.74 Å². The van der Waals surface area contributed by atoms with Crippen molar-refractivity contribution in [3.05, 3.63) is 0 Å². The van der Waals surface area contributed by atoms with Crippen LogP contribution in [0, 0.1) is 23.2 Å². The van der Waals surface area contributed by atoms with Crippen LogP contribution < -0.4 is 0 Å². The molecule has 0 saturated heterocycles. The standard InChI is InChI=1S/C16H30O/c1-12(2)13(3)17-11-16(4)9-14-6-5-7-15(8-14)10-16/h12-15H,5-11H2,1-4H3/t13-,14?,15?,16?/m1/s1. The zero-order chi connectivity index (χ0) is 12.5. The van der Waals surface area contributed by atoms with E-state index in [1.165, 1.54) is 38.5 Å². The van der Waals surface area contributed by atoms with E-state index < -0.39 is 0 Å². The lowest BCUT2D eigenvalue weighted by atomic mass is 9.62. The van der Waals surface area contributed by atoms with E-state index in [9.17, 15) is 0 Å². The van der Waals surface area contributed by atoms with Crippen LogP contribution in [0.3, 0.4) is 0 Å². The zero-order valence-corrected chi connectivity index (χ0v) is 12.2. The van der Waals surface area contributed by atoms with Crippen molar-refractivity contribution in [2.24, 2.45) is 23.2 Å². The van der Waals surface area contributed by atoms with Gasteiger partial charge in [-0.05, 0) is 49.4 Å². The smallest absolute Gasteiger partial charge is 0.0570 e. The largest absolute Gasteiger partial charge is 0.378 e. The Bertz CT molecular complexity index is 234. The number of fused-ring (bicyclic) bond motifs is 2. The fourth-order valence-electron chi connectivity index (χ4n) is 3.89. The number of ether oxygens (including phenoxy) is 1. The van der Waals surface area contributed by atoms with Gasteiger partial charge in [0.1, 0.15) is 0 Å². The van der Waals surface area contributed by atoms with Gasteiger partial charge in [-0.25, -0.2) is 0 Å². The SMILES string of the molecule is CC(C)[C@@H](C)OCC1(C)CC2CCCC(C2)C1. The Hall–Kier alpha value is -0.0400. The number of rotatable bonds is 4. The Morgan fingerprint density at radius 3 is 2.24 bits per heavy atom. The molecule has 1 nitrogen and oxygen atoms in total. The van der Waals surface area contributed by atoms with Gasteiger partial charge in [-0.3, -0.25) is 0 Å². The molecule has 0 amide bonds. The molecule has 2 aliphatic rings. The minimum absolute atomic E-state index is 0.411. The predicted molar refractivity (Wildman–Crippen MR) is 73.0 cm³/mol. The quantitative estimate of drug-likeness (QED) is 0.692. The van der Waals surface area contributed by atoms with E-state index in [-0.39, 0.29) is 0 Å². The molecule has 2 unspecified atom stereocenters. The highest BCUT2D eigenvalue weighted by molar-refractivity contribution is 4.90. The van der Waals surface area contributed by atoms with E-state index >= 15 is 0 Å². The second-order valence-electron chi connectivity index (χ2n) is 7.38. The first-order chi connectivity index (χ1) is 7.98. The van der Waals surface area contributed by atoms with Gasteiger partial charge in [0, 0.05) is 0 Å². The van der Waals surface area contributed by atoms with Gasteiger partial charge in [-0.15, -0.1) is 0 Å². The van der Waals surface area contributed by atoms with E-state index in [1.807, 2.05) is 0 Å². The summed E-state index contributed by atoms with van der Waals surface area (Å²) < 4.78 is 6.11. The Kier molecular flexibility index (Phi) is 4.18. The van der Waals surface area contributed by atoms with Crippen molar-refractivity contribution in [1.29, 1.82) is 0 Å². The highest BCUT2D eigenvalue weighted by atomic mass is 16.5. The van der Waals surface area contributed by atoms with Gasteiger partial charge in [0.05, 0.1) is 12.7 Å². The maximum Gasteiger partial charge on any atom is 0.0570 e. The van der Waals surface area contributed by atoms with Gasteiger partial charge in [-0.1, -0.05) is 40.0 Å². The van der Waals surface area contributed by atoms with E-state index in [0.717, 1.165) is 18.4 Å². The molecule has 0 aliphatic heterocycles. The van der Waals surface area contributed by atoms with Crippen molar-refractivity contribution in [1.82, 2.24) is 0 Å². The highest BCUT2D eigenvalue weighted by Gasteiger charge is 2.39. The average molecular weight is 238 g/mol. The lowest BCUT2D eigenvalue weighted by Gasteiger charge is -2.45. The van der Waals surface area contributed by atoms with Gasteiger partial charge in [-0.2, -0.15) is 0 Å². The summed E-state index contributed by atoms with van der Waals surface area (Å²) in [6.45, 7) is 10.2. The van der Waals surface area contributed by atoms with Gasteiger partial charge in [0.15, 0.2) is 0 Å². The average Bonchev–Trinajstić information content (AvgIpc) is 2.25. The fraction of sp³-hybridized carbons (Fsp3) is 1.00. The molecule has 1 heteroatoms. The van der Waals surface area contributed by atoms with Crippen LogP contribution in [0.25, 0.3) is 0 Å². The summed E-state index contributed by atoms with van der Waals surface area (Å²) in [6.07, 6.45) is 9.18. The van der Waals surface area contributed by atoms with Crippen LogP contribution >= 0.6 is 0 Å². The maximum atomic E-state index is 6.11. The molecular formula is C16H30O. The molecule has 0 aromatic carbocycles. The van der Waals surface area contributed by atoms with E-state index in [2.05, 4.69) is 27.7 Å². The predicted octanol–water partition coefficient (Wildman–Crippen LogP) is 4.65. The second-order valence-corrected chi connectivity index (χ2v) is 7.38. The molecule has 0 N–H and O–H groups in total. The van der Waals surface area contributed by atoms with Gasteiger partial charge >= 0.3 is 0 Å². The molecule has 0 spiro atoms. The third-order valence-corrected chi connectivity index (χ3v) is 5.09. The normalized spacial score (nSPS) is 39.4. The molecular weight excluding hydrogens is 208 g/mol. The monoisotopic (exact) mass is 238 g/mol. The lowest BCUT2D eigenvalue weighted by Crippen LogP contribution is -2.38. The zero-order valence-electron chi connectivity index (χ0n) is 12.2. The van der Waals surface area contributed by atoms with Crippen LogP contribution in [0.4, 0.5) is 0 Å². The van der Waals surface area contributed by atoms with E-state index in [1.54, 1.807) is 0 Å². The summed E-state index contributed by atoms with van der Waals surface area (Å²) in [6, 6.07) is 0. The summed E-state index contributed by atoms with van der Waals surface area (Å²) in [4.78, 5) is 0. The van der Waals surface area contributed by atoms with E-state index in [4.69, 9.17) is 4.74 Å². The Morgan fingerprint density at radius 1 is 1.12 bits per heavy atom. The summed E-state index contributed by atoms with van der Waals surface area (Å²) >= 11 is 0. The van der Waals surface area contributed by atoms with Gasteiger partial charge in [0.25, 0.3) is 0 Å². The third-order valence-electron chi connectivity index (χ3n) is 5.09. The summed E-state index contributed by atoms with van der Waals surface area (Å²) in [5.74, 6) is 2.65. The first-order valence-electron chi connectivity index (χ1n) is 7.60. The molecule has 2 rings (SSSR count). The summed E-state index contributed by atoms with van der Waals surface area (Å²) in [7, 11) is 0. The molecule has 2 saturated carbocycles. The molecule has 17 heavy (non-hydrogen) atoms. The second kappa shape index (κ2) is 5.30. The molecule has 0 radical (unpaired) electrons. The molecule has 0 aromatic heterocycles. The van der Waals surface area contributed by atoms with Crippen molar-refractivity contribution in [2.45, 2.75) is 72.3 Å². The van der Waals surface area contributed by atoms with Crippen molar-refractivity contribution in [3.63, 3.8) is 0 Å². The van der Waals surface area contributed by atoms with E-state index in [0.29, 0.717) is 17.4 Å². The van der Waals surface area contributed by atoms with Crippen LogP contribution in [0.1, 0.15) is 66.2 Å². The first kappa shape index (κ1) is 13.4. The minimum Gasteiger partial charge on any atom is -0.378 e. The number of hydrogen-bond donors (Lipinski definition) is 0. The van der Waals surface area contributed by atoms with Crippen molar-refractivity contribution in [2.75, 3.05) is 6.61 Å². The topological polar surface area (TPSA) is 9.23 Å². The summed E-state index contributed by atoms with van der Waals surface area (Å²) in [5, 5.41) is 0. The van der Waals surface area contributed by atoms with Crippen molar-refractivity contribution in [3.8, 4) is 0 Å². The van der Waals surface area contributed by atoms with Crippen LogP contribution in [-0.2, 0) is 4.74 Å². The molecule has 3 atom stereocenters. The van der Waals surface area contributed by atoms with Crippen LogP contribution in [0.2, 0.25) is 0 Å². The lowest BCUT2D eigenvalue weighted by molar-refractivity contribution is -0.0533. The molecule has 2 bridgehead atoms. The molecule has 0 aromatic rings. The van der Waals surface area contributed by atoms with Crippen LogP contribution in [0.15, 0.2) is 0 Å². The third kappa shape index (κ3) is 3.47. The van der Waals surface area contributed by atoms with Crippen molar-refractivity contribution >= 4 is 0 Å². The first-order valence-corrected chi connectivity index (χ1v) is 7.60. The Balaban J connectivity index is 1.86. The maximum absolute atomic E-state index is 6.11. The Labute approximate surface area is 107 Å². The Morgan fingerprint density at radius 2 is 1.71 bits per heavy atom. The van der Waals surface area contributed by atoms with Crippen LogP contribution in [-0.4, -0.2) is 12.7 Å². The minimum atomic E-state index is 0.411.